The summed E-state index contributed by atoms with van der Waals surface area (Å²) in [5, 5.41) is 23.0. The highest BCUT2D eigenvalue weighted by atomic mass is 19.1. The van der Waals surface area contributed by atoms with Crippen molar-refractivity contribution in [2.24, 2.45) is 5.92 Å². The monoisotopic (exact) mass is 350 g/mol. The molecule has 9 nitrogen and oxygen atoms in total. The summed E-state index contributed by atoms with van der Waals surface area (Å²) in [5.74, 6) is -0.346. The molecule has 1 heterocycles. The fourth-order valence-electron chi connectivity index (χ4n) is 2.98. The second-order valence-corrected chi connectivity index (χ2v) is 6.01. The third-order valence-electron chi connectivity index (χ3n) is 4.32. The molecule has 1 aromatic carbocycles. The zero-order valence-corrected chi connectivity index (χ0v) is 13.6. The average molecular weight is 350 g/mol. The highest BCUT2D eigenvalue weighted by molar-refractivity contribution is 5.76. The lowest BCUT2D eigenvalue weighted by Gasteiger charge is -2.38. The van der Waals surface area contributed by atoms with Gasteiger partial charge in [0, 0.05) is 5.56 Å². The Morgan fingerprint density at radius 3 is 2.92 bits per heavy atom. The number of anilines is 1. The number of amides is 1. The number of methoxy groups -OCH3 is 1. The van der Waals surface area contributed by atoms with Gasteiger partial charge in [-0.25, -0.2) is 9.07 Å². The Labute approximate surface area is 143 Å². The first kappa shape index (κ1) is 17.1. The van der Waals surface area contributed by atoms with Crippen LogP contribution in [0.2, 0.25) is 0 Å². The molecule has 1 amide bonds. The number of nitrogens with one attached hydrogen (secondary N) is 1. The fourth-order valence-corrected chi connectivity index (χ4v) is 2.98. The Balaban J connectivity index is 1.82. The van der Waals surface area contributed by atoms with Gasteiger partial charge in [-0.3, -0.25) is 4.79 Å². The SMILES string of the molecule is COc1ccc(F)cc1C(NC(=O)Cn1nnnc1N)C1CC(O)C1. The van der Waals surface area contributed by atoms with Crippen LogP contribution in [0, 0.1) is 11.7 Å². The first-order valence-corrected chi connectivity index (χ1v) is 7.80. The van der Waals surface area contributed by atoms with Crippen LogP contribution in [0.5, 0.6) is 5.75 Å². The molecule has 0 saturated heterocycles. The summed E-state index contributed by atoms with van der Waals surface area (Å²) in [4.78, 5) is 12.4. The molecule has 1 aliphatic carbocycles. The molecule has 1 aliphatic rings. The summed E-state index contributed by atoms with van der Waals surface area (Å²) in [6.45, 7) is -0.164. The maximum atomic E-state index is 13.7. The molecule has 25 heavy (non-hydrogen) atoms. The lowest BCUT2D eigenvalue weighted by atomic mass is 9.75. The minimum atomic E-state index is -0.501. The largest absolute Gasteiger partial charge is 0.496 e. The fraction of sp³-hybridized carbons (Fsp3) is 0.467. The van der Waals surface area contributed by atoms with E-state index in [-0.39, 0.29) is 24.3 Å². The van der Waals surface area contributed by atoms with Gasteiger partial charge in [0.05, 0.1) is 19.3 Å². The number of nitrogens with two attached hydrogens (primary N) is 1. The number of tetrazole rings is 1. The van der Waals surface area contributed by atoms with Crippen LogP contribution in [-0.2, 0) is 11.3 Å². The molecular formula is C15H19FN6O3. The molecule has 2 aromatic rings. The Kier molecular flexibility index (Phi) is 4.79. The smallest absolute Gasteiger partial charge is 0.242 e. The number of aromatic nitrogens is 4. The number of aliphatic hydroxyl groups excluding tert-OH is 1. The van der Waals surface area contributed by atoms with E-state index in [1.807, 2.05) is 0 Å². The summed E-state index contributed by atoms with van der Waals surface area (Å²) in [6.07, 6.45) is 0.606. The molecule has 1 unspecified atom stereocenters. The van der Waals surface area contributed by atoms with Crippen LogP contribution < -0.4 is 15.8 Å². The van der Waals surface area contributed by atoms with Gasteiger partial charge in [-0.15, -0.1) is 0 Å². The lowest BCUT2D eigenvalue weighted by molar-refractivity contribution is -0.123. The molecule has 3 rings (SSSR count). The number of hydrogen-bond acceptors (Lipinski definition) is 7. The second kappa shape index (κ2) is 7.01. The molecule has 4 N–H and O–H groups in total. The number of carbonyl (C=O) groups excluding carboxylic acids is 1. The van der Waals surface area contributed by atoms with Crippen LogP contribution in [0.1, 0.15) is 24.4 Å². The summed E-state index contributed by atoms with van der Waals surface area (Å²) >= 11 is 0. The van der Waals surface area contributed by atoms with Crippen LogP contribution in [-0.4, -0.2) is 44.4 Å². The standard InChI is InChI=1S/C15H19FN6O3/c1-25-12-3-2-9(16)6-11(12)14(8-4-10(23)5-8)18-13(24)7-22-15(17)19-20-21-22/h2-3,6,8,10,14,23H,4-5,7H2,1H3,(H,18,24)(H2,17,19,21). The number of hydrogen-bond donors (Lipinski definition) is 3. The minimum Gasteiger partial charge on any atom is -0.496 e. The van der Waals surface area contributed by atoms with E-state index >= 15 is 0 Å². The van der Waals surface area contributed by atoms with E-state index in [0.29, 0.717) is 24.2 Å². The van der Waals surface area contributed by atoms with Crippen molar-refractivity contribution in [1.82, 2.24) is 25.5 Å². The van der Waals surface area contributed by atoms with Crippen molar-refractivity contribution < 1.29 is 19.0 Å². The Morgan fingerprint density at radius 1 is 1.56 bits per heavy atom. The molecule has 10 heteroatoms. The molecule has 1 atom stereocenters. The highest BCUT2D eigenvalue weighted by Gasteiger charge is 2.37. The van der Waals surface area contributed by atoms with Gasteiger partial charge < -0.3 is 20.9 Å². The summed E-state index contributed by atoms with van der Waals surface area (Å²) in [5.41, 5.74) is 6.08. The molecule has 0 bridgehead atoms. The van der Waals surface area contributed by atoms with Crippen molar-refractivity contribution in [2.45, 2.75) is 31.5 Å². The van der Waals surface area contributed by atoms with Gasteiger partial charge in [-0.1, -0.05) is 5.10 Å². The van der Waals surface area contributed by atoms with Gasteiger partial charge in [0.15, 0.2) is 0 Å². The number of nitrogen functional groups attached to an aromatic ring is 1. The average Bonchev–Trinajstić information content (AvgIpc) is 2.95. The van der Waals surface area contributed by atoms with Crippen molar-refractivity contribution in [3.05, 3.63) is 29.6 Å². The molecule has 0 spiro atoms. The van der Waals surface area contributed by atoms with E-state index in [9.17, 15) is 14.3 Å². The molecule has 0 radical (unpaired) electrons. The maximum absolute atomic E-state index is 13.7. The van der Waals surface area contributed by atoms with E-state index in [0.717, 1.165) is 4.68 Å². The van der Waals surface area contributed by atoms with Crippen molar-refractivity contribution in [3.8, 4) is 5.75 Å². The molecule has 1 saturated carbocycles. The highest BCUT2D eigenvalue weighted by Crippen LogP contribution is 2.41. The van der Waals surface area contributed by atoms with Crippen LogP contribution in [0.3, 0.4) is 0 Å². The van der Waals surface area contributed by atoms with Gasteiger partial charge in [0.25, 0.3) is 0 Å². The molecule has 1 fully saturated rings. The van der Waals surface area contributed by atoms with Gasteiger partial charge in [-0.05, 0) is 47.4 Å². The molecular weight excluding hydrogens is 331 g/mol. The topological polar surface area (TPSA) is 128 Å². The first-order chi connectivity index (χ1) is 12.0. The Morgan fingerprint density at radius 2 is 2.32 bits per heavy atom. The quantitative estimate of drug-likeness (QED) is 0.670. The molecule has 1 aromatic heterocycles. The first-order valence-electron chi connectivity index (χ1n) is 7.80. The van der Waals surface area contributed by atoms with Gasteiger partial charge in [0.1, 0.15) is 18.1 Å². The van der Waals surface area contributed by atoms with E-state index < -0.39 is 18.0 Å². The second-order valence-electron chi connectivity index (χ2n) is 6.01. The van der Waals surface area contributed by atoms with E-state index in [1.54, 1.807) is 0 Å². The van der Waals surface area contributed by atoms with Crippen LogP contribution in [0.4, 0.5) is 10.3 Å². The Hall–Kier alpha value is -2.75. The normalized spacial score (nSPS) is 20.6. The van der Waals surface area contributed by atoms with Crippen molar-refractivity contribution >= 4 is 11.9 Å². The number of ether oxygens (including phenoxy) is 1. The van der Waals surface area contributed by atoms with Crippen LogP contribution >= 0.6 is 0 Å². The Bertz CT molecular complexity index is 761. The number of carbonyl (C=O) groups is 1. The van der Waals surface area contributed by atoms with Crippen molar-refractivity contribution in [1.29, 1.82) is 0 Å². The lowest BCUT2D eigenvalue weighted by Crippen LogP contribution is -2.42. The zero-order chi connectivity index (χ0) is 18.0. The van der Waals surface area contributed by atoms with E-state index in [1.165, 1.54) is 25.3 Å². The van der Waals surface area contributed by atoms with E-state index in [4.69, 9.17) is 10.5 Å². The molecule has 134 valence electrons. The minimum absolute atomic E-state index is 0.0223. The third kappa shape index (κ3) is 3.68. The summed E-state index contributed by atoms with van der Waals surface area (Å²) in [6, 6.07) is 3.63. The predicted molar refractivity (Wildman–Crippen MR) is 84.8 cm³/mol. The van der Waals surface area contributed by atoms with Gasteiger partial charge in [0.2, 0.25) is 11.9 Å². The molecule has 0 aliphatic heterocycles. The summed E-state index contributed by atoms with van der Waals surface area (Å²) < 4.78 is 20.2. The zero-order valence-electron chi connectivity index (χ0n) is 13.6. The number of halogens is 1. The van der Waals surface area contributed by atoms with Crippen molar-refractivity contribution in [3.63, 3.8) is 0 Å². The number of aliphatic hydroxyl groups is 1. The maximum Gasteiger partial charge on any atom is 0.242 e. The van der Waals surface area contributed by atoms with Crippen LogP contribution in [0.25, 0.3) is 0 Å². The number of rotatable bonds is 6. The number of benzene rings is 1. The van der Waals surface area contributed by atoms with Crippen molar-refractivity contribution in [2.75, 3.05) is 12.8 Å². The van der Waals surface area contributed by atoms with Crippen LogP contribution in [0.15, 0.2) is 18.2 Å². The van der Waals surface area contributed by atoms with E-state index in [2.05, 4.69) is 20.8 Å². The number of nitrogens with zero attached hydrogens (tertiary/aromatic N) is 4. The summed E-state index contributed by atoms with van der Waals surface area (Å²) in [7, 11) is 1.48. The predicted octanol–water partition coefficient (Wildman–Crippen LogP) is 0.0314. The van der Waals surface area contributed by atoms with Gasteiger partial charge >= 0.3 is 0 Å². The van der Waals surface area contributed by atoms with Gasteiger partial charge in [-0.2, -0.15) is 0 Å². The third-order valence-corrected chi connectivity index (χ3v) is 4.32.